The van der Waals surface area contributed by atoms with Crippen molar-refractivity contribution in [2.24, 2.45) is 0 Å². The average Bonchev–Trinajstić information content (AvgIpc) is 3.37. The molecular weight excluding hydrogens is 412 g/mol. The van der Waals surface area contributed by atoms with Crippen LogP contribution in [0, 0.1) is 0 Å². The molecule has 0 radical (unpaired) electrons. The smallest absolute Gasteiger partial charge is 0.339 e. The van der Waals surface area contributed by atoms with Crippen LogP contribution in [0.15, 0.2) is 18.2 Å². The van der Waals surface area contributed by atoms with Gasteiger partial charge in [0.1, 0.15) is 0 Å². The highest BCUT2D eigenvalue weighted by Gasteiger charge is 2.28. The molecule has 4 nitrogen and oxygen atoms in total. The van der Waals surface area contributed by atoms with Gasteiger partial charge in [-0.15, -0.1) is 0 Å². The summed E-state index contributed by atoms with van der Waals surface area (Å²) in [6.45, 7) is 5.23. The van der Waals surface area contributed by atoms with Gasteiger partial charge in [0.15, 0.2) is 0 Å². The maximum absolute atomic E-state index is 13.1. The van der Waals surface area contributed by atoms with Crippen LogP contribution in [0.25, 0.3) is 0 Å². The topological polar surface area (TPSA) is 52.6 Å². The Morgan fingerprint density at radius 2 is 1.24 bits per heavy atom. The van der Waals surface area contributed by atoms with Crippen LogP contribution in [0.3, 0.4) is 0 Å². The molecule has 0 aliphatic heterocycles. The SMILES string of the molecule is CCCCCCCCOC(=O)c1cccc(C2CCCC2)c1C(=O)OCCCCCCCC. The summed E-state index contributed by atoms with van der Waals surface area (Å²) in [6, 6.07) is 5.62. The minimum absolute atomic E-state index is 0.327. The predicted molar refractivity (Wildman–Crippen MR) is 135 cm³/mol. The first-order valence-corrected chi connectivity index (χ1v) is 13.7. The van der Waals surface area contributed by atoms with Crippen molar-refractivity contribution in [1.29, 1.82) is 0 Å². The molecule has 0 heterocycles. The van der Waals surface area contributed by atoms with Gasteiger partial charge < -0.3 is 9.47 Å². The molecule has 0 aromatic heterocycles. The predicted octanol–water partition coefficient (Wildman–Crippen LogP) is 8.38. The molecule has 0 atom stereocenters. The molecule has 0 unspecified atom stereocenters. The van der Waals surface area contributed by atoms with E-state index in [4.69, 9.17) is 9.47 Å². The summed E-state index contributed by atoms with van der Waals surface area (Å²) >= 11 is 0. The van der Waals surface area contributed by atoms with Crippen LogP contribution in [0.1, 0.15) is 149 Å². The van der Waals surface area contributed by atoms with Crippen LogP contribution >= 0.6 is 0 Å². The largest absolute Gasteiger partial charge is 0.462 e. The maximum Gasteiger partial charge on any atom is 0.339 e. The molecule has 2 rings (SSSR count). The Morgan fingerprint density at radius 3 is 1.82 bits per heavy atom. The minimum atomic E-state index is -0.394. The van der Waals surface area contributed by atoms with Gasteiger partial charge in [0.25, 0.3) is 0 Å². The number of benzene rings is 1. The van der Waals surface area contributed by atoms with Gasteiger partial charge in [-0.05, 0) is 43.2 Å². The van der Waals surface area contributed by atoms with Crippen molar-refractivity contribution >= 4 is 11.9 Å². The Bertz CT molecular complexity index is 691. The van der Waals surface area contributed by atoms with E-state index >= 15 is 0 Å². The third kappa shape index (κ3) is 9.90. The van der Waals surface area contributed by atoms with Crippen LogP contribution < -0.4 is 0 Å². The first-order chi connectivity index (χ1) is 16.2. The van der Waals surface area contributed by atoms with Gasteiger partial charge in [-0.2, -0.15) is 0 Å². The fourth-order valence-corrected chi connectivity index (χ4v) is 4.79. The fourth-order valence-electron chi connectivity index (χ4n) is 4.79. The molecule has 33 heavy (non-hydrogen) atoms. The van der Waals surface area contributed by atoms with Crippen LogP contribution in [0.4, 0.5) is 0 Å². The molecule has 1 fully saturated rings. The number of hydrogen-bond acceptors (Lipinski definition) is 4. The van der Waals surface area contributed by atoms with Crippen LogP contribution in [0.2, 0.25) is 0 Å². The number of ether oxygens (including phenoxy) is 2. The molecule has 1 aliphatic carbocycles. The van der Waals surface area contributed by atoms with Gasteiger partial charge in [0.05, 0.1) is 24.3 Å². The third-order valence-corrected chi connectivity index (χ3v) is 6.78. The summed E-state index contributed by atoms with van der Waals surface area (Å²) in [5.74, 6) is -0.430. The van der Waals surface area contributed by atoms with Crippen molar-refractivity contribution in [2.45, 2.75) is 122 Å². The highest BCUT2D eigenvalue weighted by Crippen LogP contribution is 2.37. The lowest BCUT2D eigenvalue weighted by Crippen LogP contribution is -2.18. The Labute approximate surface area is 201 Å². The van der Waals surface area contributed by atoms with Crippen molar-refractivity contribution in [2.75, 3.05) is 13.2 Å². The van der Waals surface area contributed by atoms with Gasteiger partial charge in [-0.3, -0.25) is 0 Å². The molecule has 0 amide bonds. The van der Waals surface area contributed by atoms with Gasteiger partial charge in [0, 0.05) is 0 Å². The average molecular weight is 459 g/mol. The minimum Gasteiger partial charge on any atom is -0.462 e. The van der Waals surface area contributed by atoms with E-state index in [1.54, 1.807) is 6.07 Å². The molecule has 0 spiro atoms. The van der Waals surface area contributed by atoms with Crippen LogP contribution in [-0.2, 0) is 9.47 Å². The first kappa shape index (κ1) is 27.4. The Balaban J connectivity index is 1.96. The van der Waals surface area contributed by atoms with E-state index in [-0.39, 0.29) is 5.97 Å². The third-order valence-electron chi connectivity index (χ3n) is 6.78. The Hall–Kier alpha value is -1.84. The second-order valence-electron chi connectivity index (χ2n) is 9.56. The van der Waals surface area contributed by atoms with E-state index in [1.165, 1.54) is 64.2 Å². The molecular formula is C29H46O4. The second-order valence-corrected chi connectivity index (χ2v) is 9.56. The normalized spacial score (nSPS) is 13.9. The standard InChI is InChI=1S/C29H46O4/c1-3-5-7-9-11-15-22-32-28(30)26-21-17-20-25(24-18-13-14-19-24)27(26)29(31)33-23-16-12-10-8-6-4-2/h17,20-21,24H,3-16,18-19,22-23H2,1-2H3. The molecule has 0 bridgehead atoms. The summed E-state index contributed by atoms with van der Waals surface area (Å²) in [4.78, 5) is 26.0. The molecule has 1 aliphatic rings. The number of carbonyl (C=O) groups is 2. The lowest BCUT2D eigenvalue weighted by Gasteiger charge is -2.18. The number of rotatable bonds is 17. The molecule has 186 valence electrons. The highest BCUT2D eigenvalue weighted by atomic mass is 16.5. The fraction of sp³-hybridized carbons (Fsp3) is 0.724. The quantitative estimate of drug-likeness (QED) is 0.174. The van der Waals surface area contributed by atoms with Gasteiger partial charge in [-0.1, -0.05) is 103 Å². The summed E-state index contributed by atoms with van der Waals surface area (Å²) in [6.07, 6.45) is 18.2. The van der Waals surface area contributed by atoms with Crippen LogP contribution in [0.5, 0.6) is 0 Å². The Kier molecular flexibility index (Phi) is 13.9. The lowest BCUT2D eigenvalue weighted by molar-refractivity contribution is 0.0449. The number of carbonyl (C=O) groups excluding carboxylic acids is 2. The zero-order chi connectivity index (χ0) is 23.7. The summed E-state index contributed by atoms with van der Waals surface area (Å²) in [5.41, 5.74) is 1.79. The summed E-state index contributed by atoms with van der Waals surface area (Å²) in [7, 11) is 0. The summed E-state index contributed by atoms with van der Waals surface area (Å²) < 4.78 is 11.2. The maximum atomic E-state index is 13.1. The molecule has 1 saturated carbocycles. The highest BCUT2D eigenvalue weighted by molar-refractivity contribution is 6.04. The van der Waals surface area contributed by atoms with Gasteiger partial charge in [-0.25, -0.2) is 9.59 Å². The van der Waals surface area contributed by atoms with Crippen molar-refractivity contribution in [3.8, 4) is 0 Å². The van der Waals surface area contributed by atoms with Crippen molar-refractivity contribution < 1.29 is 19.1 Å². The lowest BCUT2D eigenvalue weighted by atomic mass is 9.90. The summed E-state index contributed by atoms with van der Waals surface area (Å²) in [5, 5.41) is 0. The van der Waals surface area contributed by atoms with Gasteiger partial charge >= 0.3 is 11.9 Å². The van der Waals surface area contributed by atoms with E-state index in [0.29, 0.717) is 30.3 Å². The monoisotopic (exact) mass is 458 g/mol. The molecule has 1 aromatic carbocycles. The van der Waals surface area contributed by atoms with Crippen LogP contribution in [-0.4, -0.2) is 25.2 Å². The van der Waals surface area contributed by atoms with E-state index in [9.17, 15) is 9.59 Å². The number of esters is 2. The Morgan fingerprint density at radius 1 is 0.727 bits per heavy atom. The van der Waals surface area contributed by atoms with Crippen molar-refractivity contribution in [3.05, 3.63) is 34.9 Å². The van der Waals surface area contributed by atoms with Crippen molar-refractivity contribution in [3.63, 3.8) is 0 Å². The van der Waals surface area contributed by atoms with E-state index in [0.717, 1.165) is 44.1 Å². The van der Waals surface area contributed by atoms with Crippen molar-refractivity contribution in [1.82, 2.24) is 0 Å². The van der Waals surface area contributed by atoms with E-state index in [1.807, 2.05) is 12.1 Å². The molecule has 0 N–H and O–H groups in total. The van der Waals surface area contributed by atoms with Gasteiger partial charge in [0.2, 0.25) is 0 Å². The van der Waals surface area contributed by atoms with E-state index in [2.05, 4.69) is 13.8 Å². The molecule has 0 saturated heterocycles. The number of hydrogen-bond donors (Lipinski definition) is 0. The zero-order valence-electron chi connectivity index (χ0n) is 21.2. The second kappa shape index (κ2) is 16.7. The molecule has 4 heteroatoms. The number of unbranched alkanes of at least 4 members (excludes halogenated alkanes) is 10. The molecule has 1 aromatic rings. The zero-order valence-corrected chi connectivity index (χ0v) is 21.2. The first-order valence-electron chi connectivity index (χ1n) is 13.7. The van der Waals surface area contributed by atoms with E-state index < -0.39 is 5.97 Å².